The van der Waals surface area contributed by atoms with Crippen LogP contribution < -0.4 is 9.47 Å². The van der Waals surface area contributed by atoms with Crippen LogP contribution in [0.25, 0.3) is 0 Å². The molecule has 10 heteroatoms. The van der Waals surface area contributed by atoms with Crippen molar-refractivity contribution in [2.24, 2.45) is 28.8 Å². The number of hydrogen-bond acceptors (Lipinski definition) is 7. The fourth-order valence-electron chi connectivity index (χ4n) is 5.15. The molecule has 1 aromatic carbocycles. The van der Waals surface area contributed by atoms with E-state index in [1.807, 2.05) is 12.2 Å². The van der Waals surface area contributed by atoms with Gasteiger partial charge in [0.2, 0.25) is 0 Å². The molecule has 9 nitrogen and oxygen atoms in total. The lowest BCUT2D eigenvalue weighted by Crippen LogP contribution is -2.43. The number of hydrogen-bond donors (Lipinski definition) is 0. The van der Waals surface area contributed by atoms with Crippen molar-refractivity contribution in [2.75, 3.05) is 40.0 Å². The van der Waals surface area contributed by atoms with Gasteiger partial charge in [-0.15, -0.1) is 0 Å². The highest BCUT2D eigenvalue weighted by atomic mass is 35.5. The molecule has 4 atom stereocenters. The predicted octanol–water partition coefficient (Wildman–Crippen LogP) is 1.73. The minimum Gasteiger partial charge on any atom is -0.493 e. The lowest BCUT2D eigenvalue weighted by atomic mass is 9.85. The van der Waals surface area contributed by atoms with Gasteiger partial charge in [0.05, 0.1) is 38.4 Å². The molecule has 3 fully saturated rings. The van der Waals surface area contributed by atoms with Gasteiger partial charge in [0.25, 0.3) is 17.7 Å². The second-order valence-electron chi connectivity index (χ2n) is 8.54. The number of allylic oxidation sites excluding steroid dienone is 2. The fourth-order valence-corrected chi connectivity index (χ4v) is 5.37. The number of carbonyl (C=O) groups excluding carboxylic acids is 3. The highest BCUT2D eigenvalue weighted by molar-refractivity contribution is 6.31. The molecule has 2 aliphatic heterocycles. The summed E-state index contributed by atoms with van der Waals surface area (Å²) in [4.78, 5) is 40.0. The van der Waals surface area contributed by atoms with Crippen molar-refractivity contribution in [3.63, 3.8) is 0 Å². The van der Waals surface area contributed by atoms with Gasteiger partial charge in [-0.1, -0.05) is 23.8 Å². The smallest absolute Gasteiger partial charge is 0.260 e. The average Bonchev–Trinajstić information content (AvgIpc) is 3.51. The Morgan fingerprint density at radius 1 is 1.18 bits per heavy atom. The van der Waals surface area contributed by atoms with Gasteiger partial charge in [-0.05, 0) is 24.3 Å². The summed E-state index contributed by atoms with van der Waals surface area (Å²) < 4.78 is 16.5. The molecule has 4 unspecified atom stereocenters. The molecule has 33 heavy (non-hydrogen) atoms. The normalized spacial score (nSPS) is 28.2. The first-order valence-corrected chi connectivity index (χ1v) is 11.3. The third-order valence-electron chi connectivity index (χ3n) is 6.73. The largest absolute Gasteiger partial charge is 0.493 e. The van der Waals surface area contributed by atoms with E-state index in [1.165, 1.54) is 13.3 Å². The Morgan fingerprint density at radius 2 is 1.85 bits per heavy atom. The molecule has 0 aromatic heterocycles. The van der Waals surface area contributed by atoms with Gasteiger partial charge in [0, 0.05) is 29.7 Å². The number of ether oxygens (including phenoxy) is 3. The molecule has 4 aliphatic rings. The van der Waals surface area contributed by atoms with Gasteiger partial charge < -0.3 is 19.1 Å². The molecule has 2 saturated heterocycles. The number of nitrogens with zero attached hydrogens (tertiary/aromatic N) is 3. The lowest BCUT2D eigenvalue weighted by molar-refractivity contribution is -0.140. The fraction of sp³-hybridized carbons (Fsp3) is 0.478. The monoisotopic (exact) mass is 473 g/mol. The van der Waals surface area contributed by atoms with Gasteiger partial charge in [-0.2, -0.15) is 10.1 Å². The van der Waals surface area contributed by atoms with Crippen LogP contribution in [0.2, 0.25) is 5.02 Å². The zero-order valence-electron chi connectivity index (χ0n) is 18.1. The molecule has 3 amide bonds. The summed E-state index contributed by atoms with van der Waals surface area (Å²) in [5, 5.41) is 5.52. The van der Waals surface area contributed by atoms with Gasteiger partial charge >= 0.3 is 0 Å². The van der Waals surface area contributed by atoms with Gasteiger partial charge in [-0.3, -0.25) is 14.4 Å². The molecule has 5 rings (SSSR count). The molecule has 0 radical (unpaired) electrons. The summed E-state index contributed by atoms with van der Waals surface area (Å²) in [5.41, 5.74) is 0.396. The predicted molar refractivity (Wildman–Crippen MR) is 118 cm³/mol. The van der Waals surface area contributed by atoms with Crippen LogP contribution >= 0.6 is 11.6 Å². The average molecular weight is 474 g/mol. The van der Waals surface area contributed by atoms with Gasteiger partial charge in [0.15, 0.2) is 18.1 Å². The summed E-state index contributed by atoms with van der Waals surface area (Å²) >= 11 is 6.22. The number of halogens is 1. The Morgan fingerprint density at radius 3 is 2.48 bits per heavy atom. The lowest BCUT2D eigenvalue weighted by Gasteiger charge is -2.27. The van der Waals surface area contributed by atoms with E-state index in [9.17, 15) is 14.4 Å². The van der Waals surface area contributed by atoms with Gasteiger partial charge in [-0.25, -0.2) is 0 Å². The van der Waals surface area contributed by atoms with Crippen LogP contribution in [0, 0.1) is 23.7 Å². The summed E-state index contributed by atoms with van der Waals surface area (Å²) in [7, 11) is 1.46. The van der Waals surface area contributed by atoms with Crippen molar-refractivity contribution in [3.05, 3.63) is 34.9 Å². The first-order chi connectivity index (χ1) is 16.0. The molecule has 174 valence electrons. The molecular weight excluding hydrogens is 450 g/mol. The Kier molecular flexibility index (Phi) is 5.84. The maximum absolute atomic E-state index is 12.9. The summed E-state index contributed by atoms with van der Waals surface area (Å²) in [6, 6.07) is 3.15. The SMILES string of the molecule is COc1cc(Cl)cc(C=NN2C(=O)C3C4C=CC(C4)C3C2=O)c1OCC(=O)N1CCOCC1. The topological polar surface area (TPSA) is 97.7 Å². The highest BCUT2D eigenvalue weighted by Crippen LogP contribution is 2.52. The Labute approximate surface area is 195 Å². The first kappa shape index (κ1) is 21.9. The minimum absolute atomic E-state index is 0.105. The van der Waals surface area contributed by atoms with E-state index < -0.39 is 0 Å². The van der Waals surface area contributed by atoms with Crippen molar-refractivity contribution in [1.29, 1.82) is 0 Å². The Hall–Kier alpha value is -2.91. The molecule has 2 heterocycles. The Balaban J connectivity index is 1.36. The van der Waals surface area contributed by atoms with Crippen LogP contribution in [0.1, 0.15) is 12.0 Å². The van der Waals surface area contributed by atoms with E-state index in [1.54, 1.807) is 17.0 Å². The number of benzene rings is 1. The third-order valence-corrected chi connectivity index (χ3v) is 6.95. The molecule has 1 saturated carbocycles. The zero-order chi connectivity index (χ0) is 23.1. The van der Waals surface area contributed by atoms with Crippen LogP contribution in [0.4, 0.5) is 0 Å². The molecule has 2 aliphatic carbocycles. The van der Waals surface area contributed by atoms with Crippen molar-refractivity contribution in [3.8, 4) is 11.5 Å². The van der Waals surface area contributed by atoms with E-state index in [0.717, 1.165) is 11.4 Å². The minimum atomic E-state index is -0.333. The molecular formula is C23H24ClN3O6. The van der Waals surface area contributed by atoms with E-state index in [4.69, 9.17) is 25.8 Å². The summed E-state index contributed by atoms with van der Waals surface area (Å²) in [6.45, 7) is 1.79. The van der Waals surface area contributed by atoms with Crippen LogP contribution in [0.3, 0.4) is 0 Å². The van der Waals surface area contributed by atoms with Crippen LogP contribution in [0.15, 0.2) is 29.4 Å². The highest BCUT2D eigenvalue weighted by Gasteiger charge is 2.59. The first-order valence-electron chi connectivity index (χ1n) is 10.9. The van der Waals surface area contributed by atoms with E-state index in [-0.39, 0.29) is 53.7 Å². The zero-order valence-corrected chi connectivity index (χ0v) is 18.9. The van der Waals surface area contributed by atoms with E-state index >= 15 is 0 Å². The molecule has 2 bridgehead atoms. The molecule has 0 spiro atoms. The number of rotatable bonds is 6. The maximum atomic E-state index is 12.9. The molecule has 1 aromatic rings. The number of morpholine rings is 1. The van der Waals surface area contributed by atoms with Crippen molar-refractivity contribution in [2.45, 2.75) is 6.42 Å². The number of amides is 3. The quantitative estimate of drug-likeness (QED) is 0.354. The maximum Gasteiger partial charge on any atom is 0.260 e. The second kappa shape index (κ2) is 8.79. The number of fused-ring (bicyclic) bond motifs is 5. The summed E-state index contributed by atoms with van der Waals surface area (Å²) in [5.74, 6) is -0.625. The second-order valence-corrected chi connectivity index (χ2v) is 8.98. The number of carbonyl (C=O) groups is 3. The van der Waals surface area contributed by atoms with Crippen LogP contribution in [-0.2, 0) is 19.1 Å². The van der Waals surface area contributed by atoms with Crippen LogP contribution in [0.5, 0.6) is 11.5 Å². The standard InChI is InChI=1S/C23H24ClN3O6/c1-31-17-10-16(24)9-15(21(17)33-12-18(28)26-4-6-32-7-5-26)11-25-27-22(29)19-13-2-3-14(8-13)20(19)23(27)30/h2-3,9-11,13-14,19-20H,4-8,12H2,1H3. The van der Waals surface area contributed by atoms with Crippen LogP contribution in [-0.4, -0.2) is 73.9 Å². The number of methoxy groups -OCH3 is 1. The Bertz CT molecular complexity index is 1020. The van der Waals surface area contributed by atoms with Crippen molar-refractivity contribution >= 4 is 35.5 Å². The summed E-state index contributed by atoms with van der Waals surface area (Å²) in [6.07, 6.45) is 6.27. The van der Waals surface area contributed by atoms with E-state index in [2.05, 4.69) is 5.10 Å². The van der Waals surface area contributed by atoms with Crippen molar-refractivity contribution in [1.82, 2.24) is 9.91 Å². The number of hydrazone groups is 1. The van der Waals surface area contributed by atoms with Crippen molar-refractivity contribution < 1.29 is 28.6 Å². The number of imide groups is 1. The molecule has 0 N–H and O–H groups in total. The van der Waals surface area contributed by atoms with Gasteiger partial charge in [0.1, 0.15) is 0 Å². The van der Waals surface area contributed by atoms with E-state index in [0.29, 0.717) is 42.6 Å². The third kappa shape index (κ3) is 3.89.